The van der Waals surface area contributed by atoms with Crippen molar-refractivity contribution in [2.24, 2.45) is 11.8 Å². The first kappa shape index (κ1) is 11.8. The van der Waals surface area contributed by atoms with E-state index in [1.54, 1.807) is 31.0 Å². The predicted octanol–water partition coefficient (Wildman–Crippen LogP) is 4.06. The van der Waals surface area contributed by atoms with Crippen LogP contribution in [-0.4, -0.2) is 14.1 Å². The van der Waals surface area contributed by atoms with Crippen LogP contribution in [0, 0.1) is 11.8 Å². The lowest BCUT2D eigenvalue weighted by Crippen LogP contribution is -2.22. The summed E-state index contributed by atoms with van der Waals surface area (Å²) in [5.41, 5.74) is 0. The Bertz CT molecular complexity index is 128. The van der Waals surface area contributed by atoms with Crippen LogP contribution in [0.15, 0.2) is 0 Å². The molecular weight excluding hydrogens is 240 g/mol. The molecule has 0 aliphatic carbocycles. The van der Waals surface area contributed by atoms with Gasteiger partial charge >= 0.3 is 0 Å². The topological polar surface area (TPSA) is 0 Å². The third-order valence-corrected chi connectivity index (χ3v) is 7.66. The number of hydrogen-bond acceptors (Lipinski definition) is 0. The summed E-state index contributed by atoms with van der Waals surface area (Å²) in [6.07, 6.45) is 4.52. The quantitative estimate of drug-likeness (QED) is 0.530. The second-order valence-electron chi connectivity index (χ2n) is 4.99. The van der Waals surface area contributed by atoms with Crippen molar-refractivity contribution in [3.05, 3.63) is 0 Å². The lowest BCUT2D eigenvalue weighted by Gasteiger charge is -2.28. The van der Waals surface area contributed by atoms with Crippen molar-refractivity contribution < 1.29 is 0 Å². The smallest absolute Gasteiger partial charge is 0.0370 e. The minimum Gasteiger partial charge on any atom is -0.0928 e. The Morgan fingerprint density at radius 3 is 2.38 bits per heavy atom. The summed E-state index contributed by atoms with van der Waals surface area (Å²) in [5.74, 6) is 2.03. The fraction of sp³-hybridized carbons (Fsp3) is 1.00. The Morgan fingerprint density at radius 2 is 1.92 bits per heavy atom. The Hall–Kier alpha value is 0.697. The molecule has 2 heteroatoms. The third-order valence-electron chi connectivity index (χ3n) is 3.29. The maximum atomic E-state index is 3.55. The standard InChI is InChI=1S/C11H23BrSi/c1-10(2)9-13-7-4-11(3-6-12)5-8-13/h10-11,13H,3-9H2,1-2H3/t11-,13-. The molecule has 0 atom stereocenters. The summed E-state index contributed by atoms with van der Waals surface area (Å²) in [4.78, 5) is 0. The van der Waals surface area contributed by atoms with Gasteiger partial charge in [0.2, 0.25) is 0 Å². The second-order valence-corrected chi connectivity index (χ2v) is 9.15. The van der Waals surface area contributed by atoms with E-state index in [4.69, 9.17) is 0 Å². The van der Waals surface area contributed by atoms with Gasteiger partial charge < -0.3 is 0 Å². The van der Waals surface area contributed by atoms with E-state index in [0.29, 0.717) is 0 Å². The molecule has 13 heavy (non-hydrogen) atoms. The molecule has 0 spiro atoms. The Kier molecular flexibility index (Phi) is 5.64. The summed E-state index contributed by atoms with van der Waals surface area (Å²) in [5, 5.41) is 1.22. The zero-order valence-corrected chi connectivity index (χ0v) is 11.8. The minimum atomic E-state index is -0.263. The summed E-state index contributed by atoms with van der Waals surface area (Å²) >= 11 is 3.55. The molecule has 1 rings (SSSR count). The van der Waals surface area contributed by atoms with Gasteiger partial charge in [-0.3, -0.25) is 0 Å². The van der Waals surface area contributed by atoms with Gasteiger partial charge in [-0.2, -0.15) is 0 Å². The predicted molar refractivity (Wildman–Crippen MR) is 67.5 cm³/mol. The normalized spacial score (nSPS) is 29.5. The maximum Gasteiger partial charge on any atom is 0.0370 e. The fourth-order valence-electron chi connectivity index (χ4n) is 2.58. The van der Waals surface area contributed by atoms with Crippen molar-refractivity contribution in [1.29, 1.82) is 0 Å². The van der Waals surface area contributed by atoms with Crippen LogP contribution in [0.25, 0.3) is 0 Å². The summed E-state index contributed by atoms with van der Waals surface area (Å²) in [6.45, 7) is 4.77. The van der Waals surface area contributed by atoms with Crippen molar-refractivity contribution in [1.82, 2.24) is 0 Å². The fourth-order valence-corrected chi connectivity index (χ4v) is 7.20. The SMILES string of the molecule is CC(C)C[Si@H]1CC[C@H](CCBr)CC1. The molecule has 0 aromatic heterocycles. The molecule has 0 radical (unpaired) electrons. The Labute approximate surface area is 93.2 Å². The van der Waals surface area contributed by atoms with Crippen molar-refractivity contribution >= 4 is 24.7 Å². The summed E-state index contributed by atoms with van der Waals surface area (Å²) < 4.78 is 0. The maximum absolute atomic E-state index is 3.55. The van der Waals surface area contributed by atoms with Gasteiger partial charge in [0.15, 0.2) is 0 Å². The van der Waals surface area contributed by atoms with Crippen LogP contribution in [0.5, 0.6) is 0 Å². The summed E-state index contributed by atoms with van der Waals surface area (Å²) in [6, 6.07) is 4.87. The van der Waals surface area contributed by atoms with E-state index in [1.165, 1.54) is 11.8 Å². The van der Waals surface area contributed by atoms with Crippen LogP contribution in [-0.2, 0) is 0 Å². The van der Waals surface area contributed by atoms with Crippen molar-refractivity contribution in [3.8, 4) is 0 Å². The highest BCUT2D eigenvalue weighted by molar-refractivity contribution is 9.09. The Morgan fingerprint density at radius 1 is 1.31 bits per heavy atom. The largest absolute Gasteiger partial charge is 0.0928 e. The van der Waals surface area contributed by atoms with Gasteiger partial charge in [-0.25, -0.2) is 0 Å². The van der Waals surface area contributed by atoms with E-state index in [1.807, 2.05) is 0 Å². The molecular formula is C11H23BrSi. The van der Waals surface area contributed by atoms with Crippen LogP contribution in [0.3, 0.4) is 0 Å². The van der Waals surface area contributed by atoms with Gasteiger partial charge in [-0.1, -0.05) is 60.8 Å². The van der Waals surface area contributed by atoms with E-state index in [0.717, 1.165) is 11.8 Å². The molecule has 0 aromatic carbocycles. The molecule has 0 saturated carbocycles. The zero-order valence-electron chi connectivity index (χ0n) is 9.06. The Balaban J connectivity index is 2.15. The number of rotatable bonds is 4. The average Bonchev–Trinajstić information content (AvgIpc) is 2.08. The monoisotopic (exact) mass is 262 g/mol. The lowest BCUT2D eigenvalue weighted by atomic mass is 10.0. The van der Waals surface area contributed by atoms with Crippen LogP contribution in [0.2, 0.25) is 18.1 Å². The van der Waals surface area contributed by atoms with Crippen molar-refractivity contribution in [3.63, 3.8) is 0 Å². The van der Waals surface area contributed by atoms with Crippen LogP contribution >= 0.6 is 15.9 Å². The number of hydrogen-bond donors (Lipinski definition) is 0. The molecule has 0 nitrogen and oxygen atoms in total. The highest BCUT2D eigenvalue weighted by Gasteiger charge is 2.21. The average molecular weight is 263 g/mol. The van der Waals surface area contributed by atoms with Gasteiger partial charge in [0, 0.05) is 14.1 Å². The first-order chi connectivity index (χ1) is 6.22. The molecule has 1 saturated heterocycles. The van der Waals surface area contributed by atoms with E-state index in [-0.39, 0.29) is 8.80 Å². The zero-order chi connectivity index (χ0) is 9.68. The molecule has 1 aliphatic heterocycles. The molecule has 1 fully saturated rings. The first-order valence-electron chi connectivity index (χ1n) is 5.78. The third kappa shape index (κ3) is 4.64. The van der Waals surface area contributed by atoms with Gasteiger partial charge in [-0.05, 0) is 18.3 Å². The van der Waals surface area contributed by atoms with Crippen molar-refractivity contribution in [2.75, 3.05) is 5.33 Å². The van der Waals surface area contributed by atoms with E-state index >= 15 is 0 Å². The van der Waals surface area contributed by atoms with E-state index < -0.39 is 0 Å². The minimum absolute atomic E-state index is 0.263. The first-order valence-corrected chi connectivity index (χ1v) is 9.35. The molecule has 1 aliphatic rings. The highest BCUT2D eigenvalue weighted by atomic mass is 79.9. The molecule has 1 heterocycles. The molecule has 0 aromatic rings. The molecule has 0 N–H and O–H groups in total. The van der Waals surface area contributed by atoms with Gasteiger partial charge in [0.1, 0.15) is 0 Å². The highest BCUT2D eigenvalue weighted by Crippen LogP contribution is 2.30. The molecule has 0 amide bonds. The van der Waals surface area contributed by atoms with Gasteiger partial charge in [0.25, 0.3) is 0 Å². The van der Waals surface area contributed by atoms with Gasteiger partial charge in [0.05, 0.1) is 0 Å². The van der Waals surface area contributed by atoms with Crippen molar-refractivity contribution in [2.45, 2.75) is 51.2 Å². The number of alkyl halides is 1. The lowest BCUT2D eigenvalue weighted by molar-refractivity contribution is 0.459. The second kappa shape index (κ2) is 6.23. The van der Waals surface area contributed by atoms with E-state index in [9.17, 15) is 0 Å². The van der Waals surface area contributed by atoms with Gasteiger partial charge in [-0.15, -0.1) is 0 Å². The molecule has 0 bridgehead atoms. The van der Waals surface area contributed by atoms with Crippen LogP contribution in [0.1, 0.15) is 33.1 Å². The molecule has 78 valence electrons. The molecule has 0 unspecified atom stereocenters. The van der Waals surface area contributed by atoms with Crippen LogP contribution < -0.4 is 0 Å². The van der Waals surface area contributed by atoms with Crippen LogP contribution in [0.4, 0.5) is 0 Å². The van der Waals surface area contributed by atoms with E-state index in [2.05, 4.69) is 29.8 Å². The number of halogens is 1. The summed E-state index contributed by atoms with van der Waals surface area (Å²) in [7, 11) is -0.263.